The number of hydrogen-bond acceptors (Lipinski definition) is 4. The van der Waals surface area contributed by atoms with Gasteiger partial charge in [0.15, 0.2) is 0 Å². The molecule has 0 amide bonds. The average molecular weight is 207 g/mol. The fourth-order valence-electron chi connectivity index (χ4n) is 0.515. The summed E-state index contributed by atoms with van der Waals surface area (Å²) in [4.78, 5) is 21.0. The van der Waals surface area contributed by atoms with Crippen molar-refractivity contribution in [3.8, 4) is 0 Å². The van der Waals surface area contributed by atoms with Crippen molar-refractivity contribution >= 4 is 23.5 Å². The summed E-state index contributed by atoms with van der Waals surface area (Å²) in [5.74, 6) is -1.12. The van der Waals surface area contributed by atoms with E-state index >= 15 is 0 Å². The van der Waals surface area contributed by atoms with Crippen molar-refractivity contribution in [1.29, 1.82) is 0 Å². The van der Waals surface area contributed by atoms with Crippen LogP contribution in [-0.2, 0) is 19.1 Å². The highest BCUT2D eigenvalue weighted by atomic mass is 35.5. The monoisotopic (exact) mass is 206 g/mol. The van der Waals surface area contributed by atoms with Gasteiger partial charge in [-0.15, -0.1) is 11.6 Å². The smallest absolute Gasteiger partial charge is 0.330 e. The van der Waals surface area contributed by atoms with Crippen LogP contribution in [0.4, 0.5) is 0 Å². The zero-order chi connectivity index (χ0) is 10.1. The Morgan fingerprint density at radius 2 is 1.92 bits per heavy atom. The van der Waals surface area contributed by atoms with Crippen LogP contribution in [0.2, 0.25) is 0 Å². The molecule has 0 saturated heterocycles. The predicted molar refractivity (Wildman–Crippen MR) is 47.5 cm³/mol. The van der Waals surface area contributed by atoms with Crippen molar-refractivity contribution in [2.75, 3.05) is 19.1 Å². The molecule has 0 aromatic rings. The van der Waals surface area contributed by atoms with Crippen molar-refractivity contribution in [1.82, 2.24) is 0 Å². The lowest BCUT2D eigenvalue weighted by Gasteiger charge is -2.02. The van der Waals surface area contributed by atoms with Crippen LogP contribution in [0.15, 0.2) is 12.7 Å². The van der Waals surface area contributed by atoms with E-state index in [9.17, 15) is 9.59 Å². The van der Waals surface area contributed by atoms with Crippen molar-refractivity contribution in [3.63, 3.8) is 0 Å². The topological polar surface area (TPSA) is 52.6 Å². The van der Waals surface area contributed by atoms with E-state index in [-0.39, 0.29) is 19.1 Å². The molecule has 0 aromatic heterocycles. The Kier molecular flexibility index (Phi) is 7.01. The SMILES string of the molecule is C=CC(=O)OCCCOC(=O)CCl. The van der Waals surface area contributed by atoms with Gasteiger partial charge in [0, 0.05) is 12.5 Å². The van der Waals surface area contributed by atoms with Gasteiger partial charge in [-0.3, -0.25) is 4.79 Å². The van der Waals surface area contributed by atoms with Crippen LogP contribution in [0.3, 0.4) is 0 Å². The summed E-state index contributed by atoms with van der Waals surface area (Å²) < 4.78 is 9.24. The number of alkyl halides is 1. The van der Waals surface area contributed by atoms with Crippen LogP contribution in [0.5, 0.6) is 0 Å². The van der Waals surface area contributed by atoms with Gasteiger partial charge in [0.1, 0.15) is 5.88 Å². The first-order valence-corrected chi connectivity index (χ1v) is 4.25. The minimum absolute atomic E-state index is 0.160. The van der Waals surface area contributed by atoms with Gasteiger partial charge in [0.2, 0.25) is 0 Å². The van der Waals surface area contributed by atoms with Crippen LogP contribution in [-0.4, -0.2) is 31.0 Å². The van der Waals surface area contributed by atoms with E-state index in [0.717, 1.165) is 6.08 Å². The predicted octanol–water partition coefficient (Wildman–Crippen LogP) is 0.888. The fraction of sp³-hybridized carbons (Fsp3) is 0.500. The third-order valence-corrected chi connectivity index (χ3v) is 1.29. The third kappa shape index (κ3) is 7.33. The lowest BCUT2D eigenvalue weighted by Crippen LogP contribution is -2.10. The molecule has 0 radical (unpaired) electrons. The van der Waals surface area contributed by atoms with E-state index in [4.69, 9.17) is 11.6 Å². The Bertz CT molecular complexity index is 191. The van der Waals surface area contributed by atoms with Crippen LogP contribution >= 0.6 is 11.6 Å². The van der Waals surface area contributed by atoms with E-state index in [0.29, 0.717) is 6.42 Å². The Balaban J connectivity index is 3.21. The van der Waals surface area contributed by atoms with Gasteiger partial charge < -0.3 is 9.47 Å². The standard InChI is InChI=1S/C8H11ClO4/c1-2-7(10)12-4-3-5-13-8(11)6-9/h2H,1,3-6H2. The Hall–Kier alpha value is -1.03. The van der Waals surface area contributed by atoms with E-state index in [1.54, 1.807) is 0 Å². The normalized spacial score (nSPS) is 9.00. The number of ether oxygens (including phenoxy) is 2. The highest BCUT2D eigenvalue weighted by Crippen LogP contribution is 1.89. The fourth-order valence-corrected chi connectivity index (χ4v) is 0.592. The Morgan fingerprint density at radius 1 is 1.31 bits per heavy atom. The van der Waals surface area contributed by atoms with Gasteiger partial charge in [-0.05, 0) is 0 Å². The summed E-state index contributed by atoms with van der Waals surface area (Å²) >= 11 is 5.16. The minimum atomic E-state index is -0.483. The lowest BCUT2D eigenvalue weighted by molar-refractivity contribution is -0.141. The zero-order valence-electron chi connectivity index (χ0n) is 7.12. The zero-order valence-corrected chi connectivity index (χ0v) is 7.88. The first kappa shape index (κ1) is 12.0. The summed E-state index contributed by atoms with van der Waals surface area (Å²) in [6.45, 7) is 3.64. The second-order valence-electron chi connectivity index (χ2n) is 2.08. The number of esters is 2. The van der Waals surface area contributed by atoms with E-state index in [1.165, 1.54) is 0 Å². The molecule has 0 saturated carbocycles. The van der Waals surface area contributed by atoms with Crippen molar-refractivity contribution in [2.45, 2.75) is 6.42 Å². The van der Waals surface area contributed by atoms with Gasteiger partial charge in [0.25, 0.3) is 0 Å². The summed E-state index contributed by atoms with van der Waals surface area (Å²) in [7, 11) is 0. The highest BCUT2D eigenvalue weighted by Gasteiger charge is 1.99. The van der Waals surface area contributed by atoms with E-state index in [2.05, 4.69) is 16.1 Å². The second kappa shape index (κ2) is 7.61. The Morgan fingerprint density at radius 3 is 2.46 bits per heavy atom. The minimum Gasteiger partial charge on any atom is -0.465 e. The first-order chi connectivity index (χ1) is 6.20. The number of carbonyl (C=O) groups excluding carboxylic acids is 2. The molecule has 0 aliphatic carbocycles. The molecule has 4 nitrogen and oxygen atoms in total. The molecule has 0 aliphatic rings. The molecule has 0 unspecified atom stereocenters. The molecule has 0 N–H and O–H groups in total. The van der Waals surface area contributed by atoms with Gasteiger partial charge in [-0.25, -0.2) is 4.79 Å². The molecule has 0 bridgehead atoms. The second-order valence-corrected chi connectivity index (χ2v) is 2.35. The summed E-state index contributed by atoms with van der Waals surface area (Å²) in [6.07, 6.45) is 1.53. The van der Waals surface area contributed by atoms with Gasteiger partial charge in [-0.2, -0.15) is 0 Å². The van der Waals surface area contributed by atoms with Crippen molar-refractivity contribution in [3.05, 3.63) is 12.7 Å². The lowest BCUT2D eigenvalue weighted by atomic mass is 10.5. The molecule has 0 heterocycles. The van der Waals surface area contributed by atoms with Gasteiger partial charge in [-0.1, -0.05) is 6.58 Å². The number of rotatable bonds is 6. The van der Waals surface area contributed by atoms with Gasteiger partial charge in [0.05, 0.1) is 13.2 Å². The molecular weight excluding hydrogens is 196 g/mol. The molecule has 0 spiro atoms. The first-order valence-electron chi connectivity index (χ1n) is 3.71. The highest BCUT2D eigenvalue weighted by molar-refractivity contribution is 6.26. The maximum Gasteiger partial charge on any atom is 0.330 e. The van der Waals surface area contributed by atoms with Crippen LogP contribution in [0.25, 0.3) is 0 Å². The van der Waals surface area contributed by atoms with E-state index in [1.807, 2.05) is 0 Å². The Labute approximate surface area is 81.5 Å². The molecule has 74 valence electrons. The molecule has 0 rings (SSSR count). The summed E-state index contributed by atoms with van der Waals surface area (Å²) in [5, 5.41) is 0. The van der Waals surface area contributed by atoms with Crippen LogP contribution in [0.1, 0.15) is 6.42 Å². The number of halogens is 1. The average Bonchev–Trinajstić information content (AvgIpc) is 2.16. The third-order valence-electron chi connectivity index (χ3n) is 1.07. The van der Waals surface area contributed by atoms with E-state index < -0.39 is 11.9 Å². The largest absolute Gasteiger partial charge is 0.465 e. The molecular formula is C8H11ClO4. The molecule has 0 aromatic carbocycles. The summed E-state index contributed by atoms with van der Waals surface area (Å²) in [6, 6.07) is 0. The number of hydrogen-bond donors (Lipinski definition) is 0. The quantitative estimate of drug-likeness (QED) is 0.280. The molecule has 0 aliphatic heterocycles. The molecule has 0 atom stereocenters. The van der Waals surface area contributed by atoms with Crippen LogP contribution in [0, 0.1) is 0 Å². The van der Waals surface area contributed by atoms with Crippen molar-refractivity contribution in [2.24, 2.45) is 0 Å². The molecule has 5 heteroatoms. The maximum atomic E-state index is 10.5. The summed E-state index contributed by atoms with van der Waals surface area (Å²) in [5.41, 5.74) is 0. The molecule has 13 heavy (non-hydrogen) atoms. The van der Waals surface area contributed by atoms with Gasteiger partial charge >= 0.3 is 11.9 Å². The van der Waals surface area contributed by atoms with Crippen molar-refractivity contribution < 1.29 is 19.1 Å². The maximum absolute atomic E-state index is 10.5. The van der Waals surface area contributed by atoms with Crippen LogP contribution < -0.4 is 0 Å². The number of carbonyl (C=O) groups is 2. The molecule has 0 fully saturated rings.